The van der Waals surface area contributed by atoms with Gasteiger partial charge in [0.1, 0.15) is 5.15 Å². The standard InChI is InChI=1S/C7H6ClF3N2O2S/c1-4-2-5(3-12-6(4)8)13-16(14,15)7(9,10)11/h2-3,13H,1H3. The van der Waals surface area contributed by atoms with Crippen LogP contribution in [-0.4, -0.2) is 18.9 Å². The van der Waals surface area contributed by atoms with Gasteiger partial charge in [-0.1, -0.05) is 11.6 Å². The predicted octanol–water partition coefficient (Wildman–Crippen LogP) is 2.30. The number of nitrogens with one attached hydrogen (secondary N) is 1. The zero-order chi connectivity index (χ0) is 12.6. The van der Waals surface area contributed by atoms with Gasteiger partial charge in [0.15, 0.2) is 0 Å². The van der Waals surface area contributed by atoms with Crippen molar-refractivity contribution in [2.45, 2.75) is 12.4 Å². The average molecular weight is 275 g/mol. The minimum absolute atomic E-state index is 0.0926. The van der Waals surface area contributed by atoms with Crippen molar-refractivity contribution in [3.05, 3.63) is 23.0 Å². The first-order valence-corrected chi connectivity index (χ1v) is 5.71. The molecule has 0 bridgehead atoms. The third-order valence-corrected chi connectivity index (χ3v) is 3.08. The molecule has 1 heterocycles. The molecule has 0 saturated heterocycles. The van der Waals surface area contributed by atoms with E-state index in [-0.39, 0.29) is 10.8 Å². The van der Waals surface area contributed by atoms with Gasteiger partial charge in [-0.3, -0.25) is 4.72 Å². The summed E-state index contributed by atoms with van der Waals surface area (Å²) in [5.74, 6) is 0. The van der Waals surface area contributed by atoms with E-state index < -0.39 is 15.5 Å². The molecule has 1 aromatic rings. The maximum atomic E-state index is 12.0. The second kappa shape index (κ2) is 4.10. The molecule has 0 amide bonds. The van der Waals surface area contributed by atoms with E-state index in [0.29, 0.717) is 5.56 Å². The summed E-state index contributed by atoms with van der Waals surface area (Å²) in [5, 5.41) is 0.0926. The Bertz CT molecular complexity index is 501. The average Bonchev–Trinajstić information content (AvgIpc) is 2.09. The van der Waals surface area contributed by atoms with Crippen molar-refractivity contribution >= 4 is 27.3 Å². The highest BCUT2D eigenvalue weighted by molar-refractivity contribution is 7.93. The second-order valence-electron chi connectivity index (χ2n) is 2.88. The molecule has 0 atom stereocenters. The molecular weight excluding hydrogens is 269 g/mol. The number of aryl methyl sites for hydroxylation is 1. The van der Waals surface area contributed by atoms with E-state index in [1.807, 2.05) is 0 Å². The fourth-order valence-electron chi connectivity index (χ4n) is 0.827. The summed E-state index contributed by atoms with van der Waals surface area (Å²) in [6, 6.07) is 1.15. The second-order valence-corrected chi connectivity index (χ2v) is 4.91. The first-order valence-electron chi connectivity index (χ1n) is 3.85. The van der Waals surface area contributed by atoms with Crippen molar-refractivity contribution < 1.29 is 21.6 Å². The van der Waals surface area contributed by atoms with Gasteiger partial charge in [-0.05, 0) is 18.6 Å². The highest BCUT2D eigenvalue weighted by Crippen LogP contribution is 2.26. The minimum atomic E-state index is -5.41. The third kappa shape index (κ3) is 2.76. The minimum Gasteiger partial charge on any atom is -0.274 e. The predicted molar refractivity (Wildman–Crippen MR) is 52.6 cm³/mol. The molecule has 0 saturated carbocycles. The Hall–Kier alpha value is -1.02. The number of alkyl halides is 3. The highest BCUT2D eigenvalue weighted by Gasteiger charge is 2.46. The summed E-state index contributed by atoms with van der Waals surface area (Å²) in [6.45, 7) is 1.49. The quantitative estimate of drug-likeness (QED) is 0.842. The van der Waals surface area contributed by atoms with Crippen LogP contribution in [0.2, 0.25) is 5.15 Å². The van der Waals surface area contributed by atoms with Crippen LogP contribution in [0.5, 0.6) is 0 Å². The number of aromatic nitrogens is 1. The van der Waals surface area contributed by atoms with Crippen molar-refractivity contribution in [1.82, 2.24) is 4.98 Å². The highest BCUT2D eigenvalue weighted by atomic mass is 35.5. The normalized spacial score (nSPS) is 12.6. The number of pyridine rings is 1. The Morgan fingerprint density at radius 1 is 1.44 bits per heavy atom. The van der Waals surface area contributed by atoms with Crippen molar-refractivity contribution in [2.24, 2.45) is 0 Å². The maximum Gasteiger partial charge on any atom is 0.516 e. The smallest absolute Gasteiger partial charge is 0.274 e. The van der Waals surface area contributed by atoms with Crippen molar-refractivity contribution in [2.75, 3.05) is 4.72 Å². The molecule has 0 radical (unpaired) electrons. The van der Waals surface area contributed by atoms with Gasteiger partial charge >= 0.3 is 15.5 Å². The SMILES string of the molecule is Cc1cc(NS(=O)(=O)C(F)(F)F)cnc1Cl. The molecular formula is C7H6ClF3N2O2S. The molecule has 0 aliphatic rings. The molecule has 9 heteroatoms. The number of rotatable bonds is 2. The van der Waals surface area contributed by atoms with Gasteiger partial charge < -0.3 is 0 Å². The van der Waals surface area contributed by atoms with E-state index >= 15 is 0 Å². The fourth-order valence-corrected chi connectivity index (χ4v) is 1.47. The Labute approximate surface area is 94.5 Å². The van der Waals surface area contributed by atoms with Crippen molar-refractivity contribution in [3.63, 3.8) is 0 Å². The number of sulfonamides is 1. The Kier molecular flexibility index (Phi) is 3.34. The first kappa shape index (κ1) is 13.0. The van der Waals surface area contributed by atoms with E-state index in [9.17, 15) is 21.6 Å². The number of halogens is 4. The van der Waals surface area contributed by atoms with Crippen LogP contribution >= 0.6 is 11.6 Å². The zero-order valence-electron chi connectivity index (χ0n) is 7.84. The number of hydrogen-bond donors (Lipinski definition) is 1. The van der Waals surface area contributed by atoms with Crippen LogP contribution in [-0.2, 0) is 10.0 Å². The summed E-state index contributed by atoms with van der Waals surface area (Å²) in [4.78, 5) is 3.52. The Morgan fingerprint density at radius 2 is 2.00 bits per heavy atom. The first-order chi connectivity index (χ1) is 7.13. The van der Waals surface area contributed by atoms with Crippen LogP contribution in [0.3, 0.4) is 0 Å². The molecule has 0 unspecified atom stereocenters. The molecule has 16 heavy (non-hydrogen) atoms. The molecule has 0 aromatic carbocycles. The molecule has 0 aliphatic heterocycles. The molecule has 1 N–H and O–H groups in total. The maximum absolute atomic E-state index is 12.0. The fraction of sp³-hybridized carbons (Fsp3) is 0.286. The Morgan fingerprint density at radius 3 is 2.44 bits per heavy atom. The molecule has 1 aromatic heterocycles. The summed E-state index contributed by atoms with van der Waals surface area (Å²) < 4.78 is 58.8. The van der Waals surface area contributed by atoms with Crippen LogP contribution in [0.1, 0.15) is 5.56 Å². The molecule has 90 valence electrons. The van der Waals surface area contributed by atoms with Crippen LogP contribution < -0.4 is 4.72 Å². The summed E-state index contributed by atoms with van der Waals surface area (Å²) >= 11 is 5.53. The molecule has 0 spiro atoms. The largest absolute Gasteiger partial charge is 0.516 e. The lowest BCUT2D eigenvalue weighted by molar-refractivity contribution is -0.0429. The van der Waals surface area contributed by atoms with Gasteiger partial charge in [-0.15, -0.1) is 0 Å². The van der Waals surface area contributed by atoms with E-state index in [0.717, 1.165) is 12.3 Å². The van der Waals surface area contributed by atoms with Crippen LogP contribution in [0, 0.1) is 6.92 Å². The third-order valence-electron chi connectivity index (χ3n) is 1.57. The lowest BCUT2D eigenvalue weighted by atomic mass is 10.3. The molecule has 0 aliphatic carbocycles. The van der Waals surface area contributed by atoms with Gasteiger partial charge in [0, 0.05) is 0 Å². The summed E-state index contributed by atoms with van der Waals surface area (Å²) in [5.41, 5.74) is -5.29. The monoisotopic (exact) mass is 274 g/mol. The van der Waals surface area contributed by atoms with Gasteiger partial charge in [-0.2, -0.15) is 21.6 Å². The van der Waals surface area contributed by atoms with Crippen LogP contribution in [0.4, 0.5) is 18.9 Å². The van der Waals surface area contributed by atoms with E-state index in [2.05, 4.69) is 4.98 Å². The van der Waals surface area contributed by atoms with Crippen molar-refractivity contribution in [1.29, 1.82) is 0 Å². The zero-order valence-corrected chi connectivity index (χ0v) is 9.41. The van der Waals surface area contributed by atoms with E-state index in [1.54, 1.807) is 0 Å². The van der Waals surface area contributed by atoms with Crippen molar-refractivity contribution in [3.8, 4) is 0 Å². The summed E-state index contributed by atoms with van der Waals surface area (Å²) in [7, 11) is -5.41. The molecule has 1 rings (SSSR count). The van der Waals surface area contributed by atoms with E-state index in [1.165, 1.54) is 11.6 Å². The lowest BCUT2D eigenvalue weighted by Gasteiger charge is -2.10. The van der Waals surface area contributed by atoms with E-state index in [4.69, 9.17) is 11.6 Å². The number of anilines is 1. The van der Waals surface area contributed by atoms with Gasteiger partial charge in [0.25, 0.3) is 0 Å². The van der Waals surface area contributed by atoms with Gasteiger partial charge in [0.2, 0.25) is 0 Å². The van der Waals surface area contributed by atoms with Crippen LogP contribution in [0.15, 0.2) is 12.3 Å². The topological polar surface area (TPSA) is 59.1 Å². The molecule has 4 nitrogen and oxygen atoms in total. The lowest BCUT2D eigenvalue weighted by Crippen LogP contribution is -2.29. The van der Waals surface area contributed by atoms with Gasteiger partial charge in [-0.25, -0.2) is 4.98 Å². The molecule has 0 fully saturated rings. The summed E-state index contributed by atoms with van der Waals surface area (Å²) in [6.07, 6.45) is 0.901. The van der Waals surface area contributed by atoms with Gasteiger partial charge in [0.05, 0.1) is 11.9 Å². The van der Waals surface area contributed by atoms with Crippen LogP contribution in [0.25, 0.3) is 0 Å². The number of hydrogen-bond acceptors (Lipinski definition) is 3. The Balaban J connectivity index is 3.03. The number of nitrogens with zero attached hydrogens (tertiary/aromatic N) is 1.